The number of rotatable bonds is 0. The second-order valence-electron chi connectivity index (χ2n) is 9.02. The number of hydrogen-bond donors (Lipinski definition) is 2. The van der Waals surface area contributed by atoms with Crippen molar-refractivity contribution in [2.24, 2.45) is 0 Å². The zero-order valence-corrected chi connectivity index (χ0v) is 18.5. The van der Waals surface area contributed by atoms with Crippen molar-refractivity contribution in [3.63, 3.8) is 0 Å². The highest BCUT2D eigenvalue weighted by Gasteiger charge is 2.37. The summed E-state index contributed by atoms with van der Waals surface area (Å²) < 4.78 is 14.5. The van der Waals surface area contributed by atoms with Gasteiger partial charge in [-0.1, -0.05) is 0 Å². The predicted molar refractivity (Wildman–Crippen MR) is 132 cm³/mol. The first-order chi connectivity index (χ1) is 16.1. The molecular formula is C26H12N2O3S2. The van der Waals surface area contributed by atoms with Gasteiger partial charge in [0.15, 0.2) is 10.7 Å². The van der Waals surface area contributed by atoms with Crippen LogP contribution in [0.4, 0.5) is 0 Å². The van der Waals surface area contributed by atoms with E-state index in [9.17, 15) is 14.5 Å². The number of carbonyl (C=O) groups is 1. The average molecular weight is 465 g/mol. The largest absolute Gasteiger partial charge is 0.611 e. The van der Waals surface area contributed by atoms with Crippen LogP contribution in [-0.2, 0) is 23.3 Å². The Labute approximate surface area is 192 Å². The van der Waals surface area contributed by atoms with Crippen LogP contribution in [0, 0.1) is 0 Å². The van der Waals surface area contributed by atoms with Gasteiger partial charge < -0.3 is 14.6 Å². The number of pyridine rings is 1. The molecule has 0 bridgehead atoms. The van der Waals surface area contributed by atoms with Crippen LogP contribution in [0.25, 0.3) is 64.1 Å². The number of nitrogens with zero attached hydrogens (tertiary/aromatic N) is 1. The van der Waals surface area contributed by atoms with Gasteiger partial charge in [0, 0.05) is 78.2 Å². The van der Waals surface area contributed by atoms with Crippen molar-refractivity contribution >= 4 is 92.4 Å². The van der Waals surface area contributed by atoms with Gasteiger partial charge in [-0.2, -0.15) is 0 Å². The van der Waals surface area contributed by atoms with Crippen molar-refractivity contribution in [1.82, 2.24) is 9.97 Å². The van der Waals surface area contributed by atoms with Gasteiger partial charge in [0.2, 0.25) is 0 Å². The maximum atomic E-state index is 13.5. The highest BCUT2D eigenvalue weighted by molar-refractivity contribution is 7.91. The fourth-order valence-electron chi connectivity index (χ4n) is 6.46. The summed E-state index contributed by atoms with van der Waals surface area (Å²) in [4.78, 5) is 22.1. The van der Waals surface area contributed by atoms with Crippen molar-refractivity contribution in [2.75, 3.05) is 0 Å². The smallest absolute Gasteiger partial charge is 0.186 e. The van der Waals surface area contributed by atoms with Gasteiger partial charge in [-0.25, -0.2) is 0 Å². The molecule has 4 heterocycles. The second-order valence-corrected chi connectivity index (χ2v) is 11.4. The van der Waals surface area contributed by atoms with E-state index in [0.29, 0.717) is 16.3 Å². The molecule has 2 aliphatic rings. The Morgan fingerprint density at radius 3 is 2.79 bits per heavy atom. The van der Waals surface area contributed by atoms with Crippen molar-refractivity contribution in [2.45, 2.75) is 17.1 Å². The highest BCUT2D eigenvalue weighted by atomic mass is 32.2. The minimum Gasteiger partial charge on any atom is -0.611 e. The monoisotopic (exact) mass is 464 g/mol. The molecule has 5 nitrogen and oxygen atoms in total. The normalized spacial score (nSPS) is 17.5. The van der Waals surface area contributed by atoms with E-state index in [1.165, 1.54) is 0 Å². The van der Waals surface area contributed by atoms with Gasteiger partial charge in [0.05, 0.1) is 5.52 Å². The van der Waals surface area contributed by atoms with E-state index in [2.05, 4.69) is 9.97 Å². The number of nitrogens with one attached hydrogen (secondary N) is 1. The van der Waals surface area contributed by atoms with Crippen LogP contribution in [0.3, 0.4) is 0 Å². The molecule has 7 aromatic rings. The molecule has 0 saturated carbocycles. The fraction of sp³-hybridized carbons (Fsp3) is 0.0769. The van der Waals surface area contributed by atoms with Crippen molar-refractivity contribution in [3.8, 4) is 5.75 Å². The number of ketones is 1. The summed E-state index contributed by atoms with van der Waals surface area (Å²) in [5.41, 5.74) is 3.50. The molecule has 0 fully saturated rings. The summed E-state index contributed by atoms with van der Waals surface area (Å²) >= 11 is 0.292. The number of phenolic OH excluding ortho intramolecular Hbond substituents is 1. The van der Waals surface area contributed by atoms with Crippen LogP contribution in [0.1, 0.15) is 21.6 Å². The van der Waals surface area contributed by atoms with Crippen LogP contribution in [0.15, 0.2) is 40.9 Å². The van der Waals surface area contributed by atoms with Gasteiger partial charge in [-0.3, -0.25) is 9.78 Å². The number of aromatic nitrogens is 2. The Kier molecular flexibility index (Phi) is 2.71. The lowest BCUT2D eigenvalue weighted by atomic mass is 9.79. The van der Waals surface area contributed by atoms with Crippen molar-refractivity contribution in [3.05, 3.63) is 52.8 Å². The molecule has 33 heavy (non-hydrogen) atoms. The number of benzene rings is 4. The van der Waals surface area contributed by atoms with E-state index in [4.69, 9.17) is 0 Å². The molecule has 0 radical (unpaired) electrons. The first-order valence-corrected chi connectivity index (χ1v) is 12.9. The fourth-order valence-corrected chi connectivity index (χ4v) is 8.84. The number of phenols is 1. The lowest BCUT2D eigenvalue weighted by Crippen LogP contribution is -2.16. The molecule has 2 N–H and O–H groups in total. The van der Waals surface area contributed by atoms with Gasteiger partial charge in [0.1, 0.15) is 17.2 Å². The van der Waals surface area contributed by atoms with Gasteiger partial charge >= 0.3 is 0 Å². The van der Waals surface area contributed by atoms with Crippen molar-refractivity contribution in [1.29, 1.82) is 0 Å². The number of aromatic hydroxyl groups is 1. The topological polar surface area (TPSA) is 89.0 Å². The summed E-state index contributed by atoms with van der Waals surface area (Å²) in [6, 6.07) is 5.79. The molecule has 0 spiro atoms. The average Bonchev–Trinajstić information content (AvgIpc) is 3.49. The van der Waals surface area contributed by atoms with E-state index in [0.717, 1.165) is 75.2 Å². The van der Waals surface area contributed by atoms with E-state index < -0.39 is 11.2 Å². The maximum absolute atomic E-state index is 13.5. The number of aromatic amines is 1. The van der Waals surface area contributed by atoms with E-state index in [1.807, 2.05) is 29.9 Å². The number of thiophene rings is 1. The summed E-state index contributed by atoms with van der Waals surface area (Å²) in [6.45, 7) is 0. The first kappa shape index (κ1) is 17.1. The third-order valence-electron chi connectivity index (χ3n) is 7.63. The predicted octanol–water partition coefficient (Wildman–Crippen LogP) is 5.89. The number of Topliss-reactive ketones (excluding diaryl/α,β-unsaturated/α-hetero) is 1. The molecule has 0 saturated heterocycles. The third-order valence-corrected chi connectivity index (χ3v) is 9.93. The molecule has 7 heteroatoms. The zero-order valence-electron chi connectivity index (χ0n) is 16.9. The Morgan fingerprint density at radius 1 is 1.00 bits per heavy atom. The quantitative estimate of drug-likeness (QED) is 0.166. The van der Waals surface area contributed by atoms with Gasteiger partial charge in [0.25, 0.3) is 0 Å². The first-order valence-electron chi connectivity index (χ1n) is 10.7. The van der Waals surface area contributed by atoms with Crippen molar-refractivity contribution < 1.29 is 14.5 Å². The van der Waals surface area contributed by atoms with Crippen LogP contribution < -0.4 is 0 Å². The Balaban J connectivity index is 1.81. The minimum absolute atomic E-state index is 0.0230. The van der Waals surface area contributed by atoms with Gasteiger partial charge in [-0.15, -0.1) is 11.3 Å². The van der Waals surface area contributed by atoms with Crippen LogP contribution in [0.2, 0.25) is 0 Å². The van der Waals surface area contributed by atoms with E-state index in [-0.39, 0.29) is 18.0 Å². The molecule has 1 unspecified atom stereocenters. The Bertz CT molecular complexity index is 2090. The SMILES string of the molecule is O=C1Cc2c3ccsc3c3c(O)cc4c5c6c(c7cc[nH]c7c7cnc1c(c2c35)c76)C[S+]4[O-]. The van der Waals surface area contributed by atoms with Gasteiger partial charge in [-0.05, 0) is 45.0 Å². The number of carbonyl (C=O) groups excluding carboxylic acids is 1. The Hall–Kier alpha value is -3.39. The summed E-state index contributed by atoms with van der Waals surface area (Å²) in [5, 5.41) is 22.9. The highest BCUT2D eigenvalue weighted by Crippen LogP contribution is 2.55. The molecule has 1 aliphatic carbocycles. The molecule has 4 aromatic carbocycles. The van der Waals surface area contributed by atoms with Crippen LogP contribution in [-0.4, -0.2) is 25.4 Å². The standard InChI is InChI=1S/C26H12N2O3S2/c29-14-6-16-21-19-13(8-33(16)31)9-1-3-27-24(9)12-7-28-25-15(30)5-11-10-2-4-32-26(10)20(14)22(21)17(11)23(25)18(12)19/h1-4,6-7,27,29H,5,8H2. The minimum atomic E-state index is -1.28. The third kappa shape index (κ3) is 1.69. The summed E-state index contributed by atoms with van der Waals surface area (Å²) in [5.74, 6) is 0.557. The molecule has 3 aromatic heterocycles. The second kappa shape index (κ2) is 5.22. The molecule has 1 atom stereocenters. The molecular weight excluding hydrogens is 452 g/mol. The van der Waals surface area contributed by atoms with E-state index >= 15 is 0 Å². The molecule has 0 amide bonds. The lowest BCUT2D eigenvalue weighted by molar-refractivity contribution is 0.0989. The zero-order chi connectivity index (χ0) is 21.7. The maximum Gasteiger partial charge on any atom is 0.186 e. The Morgan fingerprint density at radius 2 is 1.88 bits per heavy atom. The number of H-pyrrole nitrogens is 1. The number of hydrogen-bond acceptors (Lipinski definition) is 5. The van der Waals surface area contributed by atoms with Crippen LogP contribution in [0.5, 0.6) is 5.75 Å². The lowest BCUT2D eigenvalue weighted by Gasteiger charge is -2.28. The number of fused-ring (bicyclic) bond motifs is 6. The summed E-state index contributed by atoms with van der Waals surface area (Å²) in [6.07, 6.45) is 4.00. The summed E-state index contributed by atoms with van der Waals surface area (Å²) in [7, 11) is 0. The molecule has 1 aliphatic heterocycles. The van der Waals surface area contributed by atoms with E-state index in [1.54, 1.807) is 17.4 Å². The van der Waals surface area contributed by atoms with Crippen LogP contribution >= 0.6 is 11.3 Å². The molecule has 156 valence electrons. The molecule has 9 rings (SSSR count).